The summed E-state index contributed by atoms with van der Waals surface area (Å²) in [7, 11) is 0. The molecule has 0 aliphatic heterocycles. The van der Waals surface area contributed by atoms with E-state index in [4.69, 9.17) is 11.6 Å². The molecule has 1 aromatic carbocycles. The smallest absolute Gasteiger partial charge is 0.224 e. The summed E-state index contributed by atoms with van der Waals surface area (Å²) in [6.45, 7) is 4.35. The van der Waals surface area contributed by atoms with Crippen molar-refractivity contribution in [3.05, 3.63) is 64.7 Å². The van der Waals surface area contributed by atoms with Crippen molar-refractivity contribution in [3.8, 4) is 0 Å². The molecule has 0 aliphatic carbocycles. The van der Waals surface area contributed by atoms with Gasteiger partial charge in [-0.2, -0.15) is 0 Å². The van der Waals surface area contributed by atoms with Crippen LogP contribution in [0, 0.1) is 5.82 Å². The predicted octanol–water partition coefficient (Wildman–Crippen LogP) is 2.95. The molecule has 0 unspecified atom stereocenters. The maximum absolute atomic E-state index is 12.9. The Morgan fingerprint density at radius 3 is 2.41 bits per heavy atom. The van der Waals surface area contributed by atoms with Gasteiger partial charge in [-0.25, -0.2) is 9.37 Å². The fourth-order valence-electron chi connectivity index (χ4n) is 2.43. The van der Waals surface area contributed by atoms with Crippen molar-refractivity contribution in [3.63, 3.8) is 0 Å². The van der Waals surface area contributed by atoms with Crippen LogP contribution in [0.2, 0.25) is 5.15 Å². The monoisotopic (exact) mass is 533 g/mol. The first-order valence-electron chi connectivity index (χ1n) is 9.20. The lowest BCUT2D eigenvalue weighted by Gasteiger charge is -2.12. The number of hydrogen-bond acceptors (Lipinski definition) is 3. The van der Waals surface area contributed by atoms with Crippen molar-refractivity contribution in [2.45, 2.75) is 19.8 Å². The van der Waals surface area contributed by atoms with Crippen LogP contribution in [-0.4, -0.2) is 43.0 Å². The first-order valence-corrected chi connectivity index (χ1v) is 9.58. The molecule has 6 nitrogen and oxygen atoms in total. The average Bonchev–Trinajstić information content (AvgIpc) is 2.68. The van der Waals surface area contributed by atoms with Crippen LogP contribution in [0.5, 0.6) is 0 Å². The van der Waals surface area contributed by atoms with E-state index in [1.165, 1.54) is 12.1 Å². The lowest BCUT2D eigenvalue weighted by molar-refractivity contribution is -0.120. The highest BCUT2D eigenvalue weighted by molar-refractivity contribution is 14.0. The lowest BCUT2D eigenvalue weighted by Crippen LogP contribution is -2.41. The van der Waals surface area contributed by atoms with E-state index in [9.17, 15) is 9.18 Å². The number of rotatable bonds is 9. The summed E-state index contributed by atoms with van der Waals surface area (Å²) < 4.78 is 12.9. The van der Waals surface area contributed by atoms with E-state index in [1.807, 2.05) is 13.0 Å². The predicted molar refractivity (Wildman–Crippen MR) is 125 cm³/mol. The quantitative estimate of drug-likeness (QED) is 0.152. The van der Waals surface area contributed by atoms with E-state index < -0.39 is 0 Å². The van der Waals surface area contributed by atoms with E-state index >= 15 is 0 Å². The molecule has 29 heavy (non-hydrogen) atoms. The Balaban J connectivity index is 0.00000420. The second-order valence-electron chi connectivity index (χ2n) is 6.08. The van der Waals surface area contributed by atoms with Gasteiger partial charge < -0.3 is 16.0 Å². The number of halogens is 3. The molecular weight excluding hydrogens is 508 g/mol. The molecule has 2 rings (SSSR count). The van der Waals surface area contributed by atoms with Crippen LogP contribution in [0.4, 0.5) is 4.39 Å². The molecule has 0 spiro atoms. The molecule has 0 bridgehead atoms. The zero-order valence-electron chi connectivity index (χ0n) is 16.3. The number of amides is 1. The van der Waals surface area contributed by atoms with Crippen molar-refractivity contribution in [2.75, 3.05) is 26.2 Å². The number of carbonyl (C=O) groups is 1. The number of aromatic nitrogens is 1. The van der Waals surface area contributed by atoms with Gasteiger partial charge in [-0.15, -0.1) is 24.0 Å². The molecular formula is C20H26ClFIN5O. The Hall–Kier alpha value is -1.94. The minimum atomic E-state index is -0.309. The third kappa shape index (κ3) is 10.4. The van der Waals surface area contributed by atoms with E-state index in [1.54, 1.807) is 24.4 Å². The largest absolute Gasteiger partial charge is 0.357 e. The van der Waals surface area contributed by atoms with E-state index in [0.29, 0.717) is 30.7 Å². The van der Waals surface area contributed by atoms with Crippen molar-refractivity contribution in [2.24, 2.45) is 4.99 Å². The number of nitrogens with zero attached hydrogens (tertiary/aromatic N) is 2. The number of hydrogen-bond donors (Lipinski definition) is 3. The van der Waals surface area contributed by atoms with Gasteiger partial charge in [0, 0.05) is 32.4 Å². The van der Waals surface area contributed by atoms with Crippen LogP contribution in [0.25, 0.3) is 0 Å². The van der Waals surface area contributed by atoms with Crippen molar-refractivity contribution < 1.29 is 9.18 Å². The van der Waals surface area contributed by atoms with Gasteiger partial charge >= 0.3 is 0 Å². The minimum absolute atomic E-state index is 0. The summed E-state index contributed by atoms with van der Waals surface area (Å²) in [5, 5.41) is 9.65. The molecule has 0 radical (unpaired) electrons. The zero-order chi connectivity index (χ0) is 20.2. The standard InChI is InChI=1S/C20H25ClFN5O.HI/c1-2-23-20(25-10-9-16-5-8-18(21)27-14-16)26-12-11-24-19(28)13-15-3-6-17(22)7-4-15;/h3-8,14H,2,9-13H2,1H3,(H,24,28)(H2,23,25,26);1H. The molecule has 0 atom stereocenters. The van der Waals surface area contributed by atoms with Crippen LogP contribution in [0.3, 0.4) is 0 Å². The Morgan fingerprint density at radius 1 is 1.07 bits per heavy atom. The number of carbonyl (C=O) groups excluding carboxylic acids is 1. The second kappa shape index (κ2) is 14.1. The molecule has 1 heterocycles. The Bertz CT molecular complexity index is 771. The van der Waals surface area contributed by atoms with Gasteiger partial charge in [0.15, 0.2) is 5.96 Å². The first kappa shape index (κ1) is 25.1. The molecule has 0 saturated carbocycles. The van der Waals surface area contributed by atoms with Crippen molar-refractivity contribution in [1.29, 1.82) is 0 Å². The molecule has 3 N–H and O–H groups in total. The summed E-state index contributed by atoms with van der Waals surface area (Å²) in [6, 6.07) is 9.62. The number of guanidine groups is 1. The Labute approximate surface area is 192 Å². The summed E-state index contributed by atoms with van der Waals surface area (Å²) in [5.74, 6) is 0.277. The van der Waals surface area contributed by atoms with Crippen LogP contribution in [0.1, 0.15) is 18.1 Å². The van der Waals surface area contributed by atoms with Gasteiger partial charge in [0.05, 0.1) is 6.42 Å². The number of nitrogens with one attached hydrogen (secondary N) is 3. The first-order chi connectivity index (χ1) is 13.6. The third-order valence-electron chi connectivity index (χ3n) is 3.82. The molecule has 1 amide bonds. The summed E-state index contributed by atoms with van der Waals surface area (Å²) in [6.07, 6.45) is 2.73. The molecule has 9 heteroatoms. The van der Waals surface area contributed by atoms with E-state index in [-0.39, 0.29) is 42.1 Å². The van der Waals surface area contributed by atoms with E-state index in [2.05, 4.69) is 25.9 Å². The van der Waals surface area contributed by atoms with Crippen LogP contribution in [0.15, 0.2) is 47.6 Å². The maximum Gasteiger partial charge on any atom is 0.224 e. The van der Waals surface area contributed by atoms with Crippen LogP contribution in [-0.2, 0) is 17.6 Å². The fraction of sp³-hybridized carbons (Fsp3) is 0.350. The van der Waals surface area contributed by atoms with Gasteiger partial charge in [-0.05, 0) is 42.7 Å². The molecule has 0 saturated heterocycles. The highest BCUT2D eigenvalue weighted by Crippen LogP contribution is 2.05. The molecule has 2 aromatic rings. The summed E-state index contributed by atoms with van der Waals surface area (Å²) >= 11 is 5.78. The highest BCUT2D eigenvalue weighted by Gasteiger charge is 2.03. The summed E-state index contributed by atoms with van der Waals surface area (Å²) in [4.78, 5) is 20.5. The van der Waals surface area contributed by atoms with Gasteiger partial charge in [0.1, 0.15) is 11.0 Å². The minimum Gasteiger partial charge on any atom is -0.357 e. The van der Waals surface area contributed by atoms with Gasteiger partial charge in [0.2, 0.25) is 5.91 Å². The van der Waals surface area contributed by atoms with Gasteiger partial charge in [0.25, 0.3) is 0 Å². The number of pyridine rings is 1. The van der Waals surface area contributed by atoms with Gasteiger partial charge in [-0.1, -0.05) is 29.8 Å². The Morgan fingerprint density at radius 2 is 1.76 bits per heavy atom. The molecule has 1 aromatic heterocycles. The van der Waals surface area contributed by atoms with Crippen LogP contribution >= 0.6 is 35.6 Å². The number of benzene rings is 1. The highest BCUT2D eigenvalue weighted by atomic mass is 127. The summed E-state index contributed by atoms with van der Waals surface area (Å²) in [5.41, 5.74) is 1.84. The fourth-order valence-corrected chi connectivity index (χ4v) is 2.54. The zero-order valence-corrected chi connectivity index (χ0v) is 19.3. The molecule has 0 fully saturated rings. The SMILES string of the molecule is CCNC(=NCCc1ccc(Cl)nc1)NCCNC(=O)Cc1ccc(F)cc1.I. The number of aliphatic imine (C=N–C) groups is 1. The lowest BCUT2D eigenvalue weighted by atomic mass is 10.1. The van der Waals surface area contributed by atoms with Gasteiger partial charge in [-0.3, -0.25) is 9.79 Å². The third-order valence-corrected chi connectivity index (χ3v) is 4.04. The van der Waals surface area contributed by atoms with Crippen molar-refractivity contribution in [1.82, 2.24) is 20.9 Å². The normalized spacial score (nSPS) is 10.8. The van der Waals surface area contributed by atoms with Crippen molar-refractivity contribution >= 4 is 47.4 Å². The Kier molecular flexibility index (Phi) is 12.2. The topological polar surface area (TPSA) is 78.4 Å². The maximum atomic E-state index is 12.9. The van der Waals surface area contributed by atoms with E-state index in [0.717, 1.165) is 24.1 Å². The second-order valence-corrected chi connectivity index (χ2v) is 6.47. The molecule has 0 aliphatic rings. The molecule has 158 valence electrons. The average molecular weight is 534 g/mol. The van der Waals surface area contributed by atoms with Crippen LogP contribution < -0.4 is 16.0 Å².